The van der Waals surface area contributed by atoms with E-state index in [-0.39, 0.29) is 29.8 Å². The molecule has 0 bridgehead atoms. The van der Waals surface area contributed by atoms with Crippen molar-refractivity contribution in [1.82, 2.24) is 20.9 Å². The van der Waals surface area contributed by atoms with Gasteiger partial charge in [0.2, 0.25) is 17.6 Å². The van der Waals surface area contributed by atoms with Crippen molar-refractivity contribution < 1.29 is 37.9 Å². The van der Waals surface area contributed by atoms with Crippen LogP contribution in [-0.4, -0.2) is 71.1 Å². The van der Waals surface area contributed by atoms with Gasteiger partial charge < -0.3 is 35.7 Å². The van der Waals surface area contributed by atoms with Gasteiger partial charge in [-0.25, -0.2) is 9.59 Å². The first-order valence-electron chi connectivity index (χ1n) is 15.9. The zero-order chi connectivity index (χ0) is 34.4. The molecule has 2 aliphatic carbocycles. The number of nitrogens with zero attached hydrogens (tertiary/aromatic N) is 1. The van der Waals surface area contributed by atoms with Crippen molar-refractivity contribution in [2.45, 2.75) is 105 Å². The number of ether oxygens (including phenoxy) is 1. The van der Waals surface area contributed by atoms with Gasteiger partial charge in [-0.3, -0.25) is 19.2 Å². The molecule has 2 saturated carbocycles. The van der Waals surface area contributed by atoms with Gasteiger partial charge in [0.15, 0.2) is 0 Å². The number of esters is 1. The van der Waals surface area contributed by atoms with Crippen LogP contribution in [0.25, 0.3) is 0 Å². The predicted molar refractivity (Wildman–Crippen MR) is 166 cm³/mol. The standard InChI is InChI=1S/C33H49N5O8/c1-31(2,3)24(36-30(44)37-25(32(4,5)6)29(43)46-16-18-10-9-13-45-18)28(42)38-15-19-21(33(19,7)8)22(38)27(41)35-20(14-17-11-12-17)23(39)26(34)40/h9-10,13,17,19-22,24-25H,11-12,14-16H2,1-8H3,(H2,34,40)(H,35,41)(H2,36,37,44)/t19-,20?,21-,22-,24+,25+/m0/s1. The fraction of sp³-hybridized carbons (Fsp3) is 0.697. The second kappa shape index (κ2) is 12.7. The average molecular weight is 644 g/mol. The Bertz CT molecular complexity index is 1350. The highest BCUT2D eigenvalue weighted by atomic mass is 16.5. The predicted octanol–water partition coefficient (Wildman–Crippen LogP) is 2.27. The lowest BCUT2D eigenvalue weighted by molar-refractivity contribution is -0.150. The highest BCUT2D eigenvalue weighted by Gasteiger charge is 2.70. The summed E-state index contributed by atoms with van der Waals surface area (Å²) in [5.74, 6) is -3.05. The van der Waals surface area contributed by atoms with Crippen LogP contribution in [0.4, 0.5) is 4.79 Å². The number of hydrogen-bond donors (Lipinski definition) is 4. The fourth-order valence-electron chi connectivity index (χ4n) is 6.53. The molecule has 254 valence electrons. The second-order valence-electron chi connectivity index (χ2n) is 15.8. The molecule has 3 aliphatic rings. The number of rotatable bonds is 12. The van der Waals surface area contributed by atoms with E-state index in [1.54, 1.807) is 53.7 Å². The number of fused-ring (bicyclic) bond motifs is 1. The van der Waals surface area contributed by atoms with Crippen LogP contribution in [0.15, 0.2) is 22.8 Å². The number of carbonyl (C=O) groups excluding carboxylic acids is 6. The van der Waals surface area contributed by atoms with E-state index in [0.29, 0.717) is 18.7 Å². The lowest BCUT2D eigenvalue weighted by Crippen LogP contribution is -2.62. The van der Waals surface area contributed by atoms with Crippen molar-refractivity contribution >= 4 is 35.5 Å². The summed E-state index contributed by atoms with van der Waals surface area (Å²) in [4.78, 5) is 80.4. The van der Waals surface area contributed by atoms with Crippen LogP contribution in [0.5, 0.6) is 0 Å². The van der Waals surface area contributed by atoms with Crippen molar-refractivity contribution in [2.24, 2.45) is 39.7 Å². The summed E-state index contributed by atoms with van der Waals surface area (Å²) < 4.78 is 10.6. The molecular formula is C33H49N5O8. The van der Waals surface area contributed by atoms with E-state index in [1.165, 1.54) is 11.2 Å². The topological polar surface area (TPSA) is 190 Å². The summed E-state index contributed by atoms with van der Waals surface area (Å²) in [6.07, 6.45) is 3.59. The summed E-state index contributed by atoms with van der Waals surface area (Å²) in [5, 5.41) is 8.20. The molecule has 5 N–H and O–H groups in total. The molecule has 46 heavy (non-hydrogen) atoms. The third-order valence-electron chi connectivity index (χ3n) is 9.60. The first-order valence-corrected chi connectivity index (χ1v) is 15.9. The summed E-state index contributed by atoms with van der Waals surface area (Å²) in [6, 6.07) is -1.49. The van der Waals surface area contributed by atoms with Crippen molar-refractivity contribution in [3.8, 4) is 0 Å². The van der Waals surface area contributed by atoms with Crippen molar-refractivity contribution in [1.29, 1.82) is 0 Å². The molecule has 1 aromatic rings. The number of Topliss-reactive ketones (excluding diaryl/α,β-unsaturated/α-hetero) is 1. The van der Waals surface area contributed by atoms with Crippen LogP contribution in [0, 0.1) is 34.0 Å². The largest absolute Gasteiger partial charge is 0.466 e. The minimum absolute atomic E-state index is 0.0459. The monoisotopic (exact) mass is 643 g/mol. The van der Waals surface area contributed by atoms with E-state index < -0.39 is 70.5 Å². The quantitative estimate of drug-likeness (QED) is 0.197. The summed E-state index contributed by atoms with van der Waals surface area (Å²) >= 11 is 0. The number of piperidine rings is 1. The van der Waals surface area contributed by atoms with E-state index in [2.05, 4.69) is 16.0 Å². The Balaban J connectivity index is 1.50. The van der Waals surface area contributed by atoms with E-state index in [1.807, 2.05) is 13.8 Å². The Labute approximate surface area is 270 Å². The SMILES string of the molecule is CC(C)(C)[C@H](NC(=O)N[C@H](C(=O)N1C[C@H]2[C@@H]([C@H]1C(=O)NC(CC1CC1)C(=O)C(N)=O)C2(C)C)C(C)(C)C)C(=O)OCc1ccco1. The van der Waals surface area contributed by atoms with Gasteiger partial charge in [0.25, 0.3) is 5.91 Å². The molecule has 1 aliphatic heterocycles. The van der Waals surface area contributed by atoms with Crippen molar-refractivity contribution in [2.75, 3.05) is 6.54 Å². The highest BCUT2D eigenvalue weighted by molar-refractivity contribution is 6.37. The minimum atomic E-state index is -1.11. The molecule has 0 aromatic carbocycles. The fourth-order valence-corrected chi connectivity index (χ4v) is 6.53. The molecule has 2 heterocycles. The lowest BCUT2D eigenvalue weighted by Gasteiger charge is -2.38. The van der Waals surface area contributed by atoms with Crippen LogP contribution in [0.3, 0.4) is 0 Å². The van der Waals surface area contributed by atoms with Crippen molar-refractivity contribution in [3.63, 3.8) is 0 Å². The normalized spacial score (nSPS) is 23.7. The zero-order valence-electron chi connectivity index (χ0n) is 28.1. The molecular weight excluding hydrogens is 594 g/mol. The number of likely N-dealkylation sites (tertiary alicyclic amines) is 1. The molecule has 0 spiro atoms. The van der Waals surface area contributed by atoms with Gasteiger partial charge in [0, 0.05) is 6.54 Å². The molecule has 5 amide bonds. The molecule has 6 atom stereocenters. The van der Waals surface area contributed by atoms with Crippen LogP contribution in [0.1, 0.15) is 80.4 Å². The van der Waals surface area contributed by atoms with E-state index in [0.717, 1.165) is 12.8 Å². The number of primary amides is 1. The van der Waals surface area contributed by atoms with Gasteiger partial charge in [-0.05, 0) is 52.6 Å². The van der Waals surface area contributed by atoms with Gasteiger partial charge in [-0.15, -0.1) is 0 Å². The van der Waals surface area contributed by atoms with Gasteiger partial charge in [0.1, 0.15) is 30.5 Å². The third-order valence-corrected chi connectivity index (χ3v) is 9.60. The van der Waals surface area contributed by atoms with E-state index in [4.69, 9.17) is 14.9 Å². The smallest absolute Gasteiger partial charge is 0.329 e. The number of ketones is 1. The second-order valence-corrected chi connectivity index (χ2v) is 15.8. The maximum Gasteiger partial charge on any atom is 0.329 e. The Kier molecular flexibility index (Phi) is 9.66. The Hall–Kier alpha value is -3.90. The lowest BCUT2D eigenvalue weighted by atomic mass is 9.85. The Morgan fingerprint density at radius 3 is 2.13 bits per heavy atom. The molecule has 13 nitrogen and oxygen atoms in total. The maximum atomic E-state index is 14.2. The molecule has 3 fully saturated rings. The summed E-state index contributed by atoms with van der Waals surface area (Å²) in [6.45, 7) is 15.0. The Morgan fingerprint density at radius 2 is 1.61 bits per heavy atom. The van der Waals surface area contributed by atoms with Crippen molar-refractivity contribution in [3.05, 3.63) is 24.2 Å². The highest BCUT2D eigenvalue weighted by Crippen LogP contribution is 2.65. The molecule has 1 aromatic heterocycles. The third kappa shape index (κ3) is 7.72. The van der Waals surface area contributed by atoms with Crippen LogP contribution >= 0.6 is 0 Å². The number of nitrogens with two attached hydrogens (primary N) is 1. The van der Waals surface area contributed by atoms with E-state index >= 15 is 0 Å². The number of carbonyl (C=O) groups is 6. The molecule has 13 heteroatoms. The minimum Gasteiger partial charge on any atom is -0.466 e. The van der Waals surface area contributed by atoms with Gasteiger partial charge in [-0.1, -0.05) is 68.2 Å². The summed E-state index contributed by atoms with van der Waals surface area (Å²) in [5.41, 5.74) is 3.55. The first-order chi connectivity index (χ1) is 21.2. The molecule has 1 unspecified atom stereocenters. The van der Waals surface area contributed by atoms with Crippen LogP contribution in [0.2, 0.25) is 0 Å². The number of furan rings is 1. The number of nitrogens with one attached hydrogen (secondary N) is 3. The average Bonchev–Trinajstić information content (AvgIpc) is 3.65. The molecule has 0 radical (unpaired) electrons. The maximum absolute atomic E-state index is 14.2. The van der Waals surface area contributed by atoms with Crippen LogP contribution < -0.4 is 21.7 Å². The first kappa shape index (κ1) is 35.0. The van der Waals surface area contributed by atoms with Gasteiger partial charge in [0.05, 0.1) is 12.3 Å². The van der Waals surface area contributed by atoms with E-state index in [9.17, 15) is 28.8 Å². The number of urea groups is 1. The zero-order valence-corrected chi connectivity index (χ0v) is 28.1. The number of amides is 5. The van der Waals surface area contributed by atoms with Gasteiger partial charge in [-0.2, -0.15) is 0 Å². The van der Waals surface area contributed by atoms with Crippen LogP contribution in [-0.2, 0) is 35.3 Å². The summed E-state index contributed by atoms with van der Waals surface area (Å²) in [7, 11) is 0. The van der Waals surface area contributed by atoms with Gasteiger partial charge >= 0.3 is 12.0 Å². The molecule has 1 saturated heterocycles. The Morgan fingerprint density at radius 1 is 1.00 bits per heavy atom. The number of hydrogen-bond acceptors (Lipinski definition) is 8. The molecule has 4 rings (SSSR count).